The van der Waals surface area contributed by atoms with Gasteiger partial charge in [0.25, 0.3) is 0 Å². The number of carbonyl (C=O) groups is 1. The van der Waals surface area contributed by atoms with Crippen molar-refractivity contribution in [2.75, 3.05) is 26.2 Å². The summed E-state index contributed by atoms with van der Waals surface area (Å²) in [6, 6.07) is 3.59. The van der Waals surface area contributed by atoms with Gasteiger partial charge in [-0.15, -0.1) is 0 Å². The lowest BCUT2D eigenvalue weighted by Gasteiger charge is -2.32. The molecule has 18 heavy (non-hydrogen) atoms. The summed E-state index contributed by atoms with van der Waals surface area (Å²) in [6.07, 6.45) is -0.423. The molecule has 0 bridgehead atoms. The maximum atomic E-state index is 13.1. The van der Waals surface area contributed by atoms with E-state index in [4.69, 9.17) is 9.84 Å². The molecule has 1 aliphatic rings. The van der Waals surface area contributed by atoms with E-state index in [0.29, 0.717) is 25.3 Å². The van der Waals surface area contributed by atoms with Gasteiger partial charge < -0.3 is 9.84 Å². The van der Waals surface area contributed by atoms with E-state index >= 15 is 0 Å². The molecule has 1 heterocycles. The number of hydrogen-bond donors (Lipinski definition) is 1. The topological polar surface area (TPSA) is 49.8 Å². The van der Waals surface area contributed by atoms with Gasteiger partial charge in [0.2, 0.25) is 0 Å². The lowest BCUT2D eigenvalue weighted by atomic mass is 10.1. The lowest BCUT2D eigenvalue weighted by molar-refractivity contribution is -0.140. The zero-order chi connectivity index (χ0) is 13.1. The fourth-order valence-corrected chi connectivity index (χ4v) is 1.95. The molecule has 6 heteroatoms. The summed E-state index contributed by atoms with van der Waals surface area (Å²) in [5, 5.41) is 8.71. The minimum Gasteiger partial charge on any atom is -0.480 e. The van der Waals surface area contributed by atoms with Crippen LogP contribution in [0.5, 0.6) is 0 Å². The fourth-order valence-electron chi connectivity index (χ4n) is 1.95. The average molecular weight is 257 g/mol. The lowest BCUT2D eigenvalue weighted by Crippen LogP contribution is -2.41. The first kappa shape index (κ1) is 12.9. The Morgan fingerprint density at radius 1 is 1.44 bits per heavy atom. The third kappa shape index (κ3) is 3.02. The highest BCUT2D eigenvalue weighted by molar-refractivity contribution is 5.69. The highest BCUT2D eigenvalue weighted by atomic mass is 19.2. The second-order valence-electron chi connectivity index (χ2n) is 4.16. The van der Waals surface area contributed by atoms with Crippen molar-refractivity contribution in [3.05, 3.63) is 35.4 Å². The van der Waals surface area contributed by atoms with Gasteiger partial charge >= 0.3 is 5.97 Å². The first-order valence-electron chi connectivity index (χ1n) is 5.57. The number of morpholine rings is 1. The average Bonchev–Trinajstić information content (AvgIpc) is 2.32. The molecule has 2 rings (SSSR count). The summed E-state index contributed by atoms with van der Waals surface area (Å²) in [5.41, 5.74) is 0.518. The second kappa shape index (κ2) is 5.41. The molecule has 0 aliphatic carbocycles. The summed E-state index contributed by atoms with van der Waals surface area (Å²) in [5.74, 6) is -2.75. The quantitative estimate of drug-likeness (QED) is 0.889. The molecule has 4 nitrogen and oxygen atoms in total. The molecular weight excluding hydrogens is 244 g/mol. The summed E-state index contributed by atoms with van der Waals surface area (Å²) < 4.78 is 31.4. The number of aliphatic carboxylic acids is 1. The van der Waals surface area contributed by atoms with Crippen LogP contribution in [-0.2, 0) is 9.53 Å². The van der Waals surface area contributed by atoms with Crippen molar-refractivity contribution >= 4 is 5.97 Å². The van der Waals surface area contributed by atoms with Crippen molar-refractivity contribution in [1.82, 2.24) is 4.90 Å². The Hall–Kier alpha value is -1.53. The molecular formula is C12H13F2NO3. The van der Waals surface area contributed by atoms with Crippen LogP contribution in [0.4, 0.5) is 8.78 Å². The SMILES string of the molecule is O=C(O)CN1CCO[C@H](c2ccc(F)c(F)c2)C1. The monoisotopic (exact) mass is 257 g/mol. The van der Waals surface area contributed by atoms with Crippen LogP contribution in [0.2, 0.25) is 0 Å². The van der Waals surface area contributed by atoms with Crippen LogP contribution >= 0.6 is 0 Å². The van der Waals surface area contributed by atoms with Crippen molar-refractivity contribution in [3.8, 4) is 0 Å². The molecule has 0 spiro atoms. The largest absolute Gasteiger partial charge is 0.480 e. The van der Waals surface area contributed by atoms with Crippen LogP contribution in [0.25, 0.3) is 0 Å². The van der Waals surface area contributed by atoms with E-state index in [2.05, 4.69) is 0 Å². The van der Waals surface area contributed by atoms with Crippen molar-refractivity contribution in [3.63, 3.8) is 0 Å². The maximum Gasteiger partial charge on any atom is 0.317 e. The number of hydrogen-bond acceptors (Lipinski definition) is 3. The predicted octanol–water partition coefficient (Wildman–Crippen LogP) is 1.42. The van der Waals surface area contributed by atoms with Gasteiger partial charge in [-0.25, -0.2) is 8.78 Å². The molecule has 1 fully saturated rings. The normalized spacial score (nSPS) is 20.9. The minimum absolute atomic E-state index is 0.0798. The van der Waals surface area contributed by atoms with Crippen molar-refractivity contribution < 1.29 is 23.4 Å². The first-order chi connectivity index (χ1) is 8.56. The summed E-state index contributed by atoms with van der Waals surface area (Å²) in [6.45, 7) is 1.17. The van der Waals surface area contributed by atoms with Crippen LogP contribution < -0.4 is 0 Å². The van der Waals surface area contributed by atoms with Gasteiger partial charge in [-0.2, -0.15) is 0 Å². The van der Waals surface area contributed by atoms with Gasteiger partial charge in [0, 0.05) is 13.1 Å². The van der Waals surface area contributed by atoms with Crippen LogP contribution in [0, 0.1) is 11.6 Å². The van der Waals surface area contributed by atoms with E-state index in [-0.39, 0.29) is 6.54 Å². The van der Waals surface area contributed by atoms with E-state index < -0.39 is 23.7 Å². The van der Waals surface area contributed by atoms with Gasteiger partial charge in [0.15, 0.2) is 11.6 Å². The van der Waals surface area contributed by atoms with Gasteiger partial charge in [0.05, 0.1) is 19.3 Å². The molecule has 1 aromatic rings. The third-order valence-electron chi connectivity index (χ3n) is 2.82. The highest BCUT2D eigenvalue weighted by Gasteiger charge is 2.23. The molecule has 1 aromatic carbocycles. The van der Waals surface area contributed by atoms with Gasteiger partial charge in [0.1, 0.15) is 0 Å². The Morgan fingerprint density at radius 2 is 2.22 bits per heavy atom. The number of carboxylic acid groups (broad SMARTS) is 1. The van der Waals surface area contributed by atoms with Crippen molar-refractivity contribution in [2.24, 2.45) is 0 Å². The minimum atomic E-state index is -0.925. The molecule has 1 aliphatic heterocycles. The molecule has 0 radical (unpaired) electrons. The standard InChI is InChI=1S/C12H13F2NO3/c13-9-2-1-8(5-10(9)14)11-6-15(3-4-18-11)7-12(16)17/h1-2,5,11H,3-4,6-7H2,(H,16,17)/t11-/m0/s1. The number of carboxylic acids is 1. The maximum absolute atomic E-state index is 13.1. The molecule has 98 valence electrons. The van der Waals surface area contributed by atoms with E-state index in [1.54, 1.807) is 4.90 Å². The second-order valence-corrected chi connectivity index (χ2v) is 4.16. The number of halogens is 2. The molecule has 1 saturated heterocycles. The van der Waals surface area contributed by atoms with Gasteiger partial charge in [-0.3, -0.25) is 9.69 Å². The van der Waals surface area contributed by atoms with Crippen LogP contribution in [0.15, 0.2) is 18.2 Å². The van der Waals surface area contributed by atoms with Crippen molar-refractivity contribution in [1.29, 1.82) is 0 Å². The fraction of sp³-hybridized carbons (Fsp3) is 0.417. The van der Waals surface area contributed by atoms with Crippen molar-refractivity contribution in [2.45, 2.75) is 6.10 Å². The van der Waals surface area contributed by atoms with E-state index in [0.717, 1.165) is 12.1 Å². The molecule has 0 unspecified atom stereocenters. The van der Waals surface area contributed by atoms with Crippen LogP contribution in [-0.4, -0.2) is 42.2 Å². The van der Waals surface area contributed by atoms with E-state index in [1.807, 2.05) is 0 Å². The predicted molar refractivity (Wildman–Crippen MR) is 59.1 cm³/mol. The summed E-state index contributed by atoms with van der Waals surface area (Å²) in [7, 11) is 0. The van der Waals surface area contributed by atoms with E-state index in [9.17, 15) is 13.6 Å². The number of nitrogens with zero attached hydrogens (tertiary/aromatic N) is 1. The molecule has 0 saturated carbocycles. The number of benzene rings is 1. The molecule has 1 atom stereocenters. The molecule has 1 N–H and O–H groups in total. The Bertz CT molecular complexity index is 453. The number of ether oxygens (including phenoxy) is 1. The smallest absolute Gasteiger partial charge is 0.317 e. The third-order valence-corrected chi connectivity index (χ3v) is 2.82. The van der Waals surface area contributed by atoms with Gasteiger partial charge in [-0.1, -0.05) is 6.07 Å². The Morgan fingerprint density at radius 3 is 2.89 bits per heavy atom. The zero-order valence-electron chi connectivity index (χ0n) is 9.60. The van der Waals surface area contributed by atoms with E-state index in [1.165, 1.54) is 6.07 Å². The summed E-state index contributed by atoms with van der Waals surface area (Å²) >= 11 is 0. The Labute approximate surface area is 103 Å². The zero-order valence-corrected chi connectivity index (χ0v) is 9.60. The summed E-state index contributed by atoms with van der Waals surface area (Å²) in [4.78, 5) is 12.3. The molecule has 0 aromatic heterocycles. The highest BCUT2D eigenvalue weighted by Crippen LogP contribution is 2.23. The molecule has 0 amide bonds. The van der Waals surface area contributed by atoms with Crippen LogP contribution in [0.3, 0.4) is 0 Å². The van der Waals surface area contributed by atoms with Gasteiger partial charge in [-0.05, 0) is 17.7 Å². The number of rotatable bonds is 3. The Balaban J connectivity index is 2.08. The first-order valence-corrected chi connectivity index (χ1v) is 5.57. The van der Waals surface area contributed by atoms with Crippen LogP contribution in [0.1, 0.15) is 11.7 Å². The Kier molecular flexibility index (Phi) is 3.88.